The molecule has 0 aromatic carbocycles. The first-order valence-electron chi connectivity index (χ1n) is 4.59. The Morgan fingerprint density at radius 2 is 2.20 bits per heavy atom. The molecule has 0 saturated heterocycles. The number of aromatic nitrogens is 1. The molecule has 0 spiro atoms. The molecule has 1 amide bonds. The molecule has 15 heavy (non-hydrogen) atoms. The number of rotatable bonds is 4. The lowest BCUT2D eigenvalue weighted by Crippen LogP contribution is -2.33. The van der Waals surface area contributed by atoms with E-state index in [2.05, 4.69) is 10.3 Å². The van der Waals surface area contributed by atoms with Gasteiger partial charge in [-0.1, -0.05) is 19.1 Å². The number of nitrogens with one attached hydrogen (secondary N) is 1. The number of hydrogen-bond acceptors (Lipinski definition) is 3. The van der Waals surface area contributed by atoms with Gasteiger partial charge in [-0.25, -0.2) is 0 Å². The Balaban J connectivity index is 2.47. The number of thiocarbonyl (C=S) groups is 1. The van der Waals surface area contributed by atoms with E-state index in [0.29, 0.717) is 17.1 Å². The van der Waals surface area contributed by atoms with Crippen LogP contribution in [0.4, 0.5) is 0 Å². The lowest BCUT2D eigenvalue weighted by molar-refractivity contribution is 0.0951. The zero-order valence-electron chi connectivity index (χ0n) is 8.43. The summed E-state index contributed by atoms with van der Waals surface area (Å²) in [7, 11) is 0. The molecule has 0 bridgehead atoms. The average Bonchev–Trinajstić information content (AvgIpc) is 2.26. The third kappa shape index (κ3) is 3.63. The fraction of sp³-hybridized carbons (Fsp3) is 0.300. The molecular formula is C10H13N3OS. The molecule has 3 N–H and O–H groups in total. The Bertz CT molecular complexity index is 353. The Labute approximate surface area is 93.9 Å². The molecule has 1 heterocycles. The summed E-state index contributed by atoms with van der Waals surface area (Å²) in [5.74, 6) is -0.133. The molecule has 1 unspecified atom stereocenters. The highest BCUT2D eigenvalue weighted by molar-refractivity contribution is 7.80. The smallest absolute Gasteiger partial charge is 0.251 e. The normalized spacial score (nSPS) is 11.8. The minimum Gasteiger partial charge on any atom is -0.393 e. The number of pyridine rings is 1. The summed E-state index contributed by atoms with van der Waals surface area (Å²) >= 11 is 4.80. The van der Waals surface area contributed by atoms with Gasteiger partial charge in [-0.3, -0.25) is 9.78 Å². The van der Waals surface area contributed by atoms with E-state index in [0.717, 1.165) is 0 Å². The van der Waals surface area contributed by atoms with Crippen LogP contribution in [0.5, 0.6) is 0 Å². The van der Waals surface area contributed by atoms with Crippen molar-refractivity contribution in [2.45, 2.75) is 6.92 Å². The van der Waals surface area contributed by atoms with E-state index in [1.165, 1.54) is 0 Å². The molecule has 0 saturated carbocycles. The van der Waals surface area contributed by atoms with Gasteiger partial charge in [0.2, 0.25) is 0 Å². The number of carbonyl (C=O) groups excluding carboxylic acids is 1. The van der Waals surface area contributed by atoms with Crippen LogP contribution in [-0.2, 0) is 0 Å². The molecule has 5 heteroatoms. The van der Waals surface area contributed by atoms with E-state index in [1.54, 1.807) is 24.5 Å². The second kappa shape index (κ2) is 5.41. The molecule has 0 aliphatic rings. The summed E-state index contributed by atoms with van der Waals surface area (Å²) in [6.07, 6.45) is 3.15. The molecular weight excluding hydrogens is 210 g/mol. The number of nitrogens with zero attached hydrogens (tertiary/aromatic N) is 1. The molecule has 0 fully saturated rings. The number of amides is 1. The highest BCUT2D eigenvalue weighted by atomic mass is 32.1. The van der Waals surface area contributed by atoms with Crippen molar-refractivity contribution in [2.24, 2.45) is 11.7 Å². The molecule has 1 rings (SSSR count). The van der Waals surface area contributed by atoms with E-state index < -0.39 is 0 Å². The fourth-order valence-electron chi connectivity index (χ4n) is 0.952. The second-order valence-electron chi connectivity index (χ2n) is 3.25. The van der Waals surface area contributed by atoms with E-state index >= 15 is 0 Å². The van der Waals surface area contributed by atoms with Crippen LogP contribution in [0.15, 0.2) is 24.5 Å². The van der Waals surface area contributed by atoms with Crippen molar-refractivity contribution in [1.29, 1.82) is 0 Å². The monoisotopic (exact) mass is 223 g/mol. The first kappa shape index (κ1) is 11.6. The van der Waals surface area contributed by atoms with Gasteiger partial charge in [-0.2, -0.15) is 0 Å². The van der Waals surface area contributed by atoms with Crippen LogP contribution in [0, 0.1) is 5.92 Å². The number of nitrogens with two attached hydrogens (primary N) is 1. The molecule has 1 aromatic heterocycles. The number of carbonyl (C=O) groups is 1. The topological polar surface area (TPSA) is 68.0 Å². The molecule has 1 atom stereocenters. The van der Waals surface area contributed by atoms with Gasteiger partial charge in [-0.15, -0.1) is 0 Å². The summed E-state index contributed by atoms with van der Waals surface area (Å²) in [6, 6.07) is 3.31. The van der Waals surface area contributed by atoms with Crippen LogP contribution in [0.2, 0.25) is 0 Å². The largest absolute Gasteiger partial charge is 0.393 e. The predicted octanol–water partition coefficient (Wildman–Crippen LogP) is 0.734. The van der Waals surface area contributed by atoms with Crippen molar-refractivity contribution >= 4 is 23.1 Å². The lowest BCUT2D eigenvalue weighted by Gasteiger charge is -2.10. The molecule has 1 aromatic rings. The molecule has 0 radical (unpaired) electrons. The Morgan fingerprint density at radius 3 is 2.73 bits per heavy atom. The maximum absolute atomic E-state index is 11.5. The molecule has 0 aliphatic heterocycles. The SMILES string of the molecule is CC(CNC(=O)c1ccncc1)C(N)=S. The first-order chi connectivity index (χ1) is 7.11. The predicted molar refractivity (Wildman–Crippen MR) is 62.5 cm³/mol. The second-order valence-corrected chi connectivity index (χ2v) is 3.72. The van der Waals surface area contributed by atoms with Gasteiger partial charge in [0.15, 0.2) is 0 Å². The third-order valence-corrected chi connectivity index (χ3v) is 2.40. The minimum absolute atomic E-state index is 0.00536. The standard InChI is InChI=1S/C10H13N3OS/c1-7(9(11)15)6-13-10(14)8-2-4-12-5-3-8/h2-5,7H,6H2,1H3,(H2,11,15)(H,13,14). The van der Waals surface area contributed by atoms with Crippen molar-refractivity contribution in [3.63, 3.8) is 0 Å². The summed E-state index contributed by atoms with van der Waals surface area (Å²) < 4.78 is 0. The average molecular weight is 223 g/mol. The van der Waals surface area contributed by atoms with Crippen molar-refractivity contribution in [3.8, 4) is 0 Å². The summed E-state index contributed by atoms with van der Waals surface area (Å²) in [4.78, 5) is 15.8. The van der Waals surface area contributed by atoms with E-state index in [4.69, 9.17) is 18.0 Å². The highest BCUT2D eigenvalue weighted by Crippen LogP contribution is 1.97. The molecule has 80 valence electrons. The van der Waals surface area contributed by atoms with Gasteiger partial charge in [0.05, 0.1) is 4.99 Å². The van der Waals surface area contributed by atoms with Crippen LogP contribution in [0.3, 0.4) is 0 Å². The summed E-state index contributed by atoms with van der Waals surface area (Å²) in [6.45, 7) is 2.33. The highest BCUT2D eigenvalue weighted by Gasteiger charge is 2.08. The van der Waals surface area contributed by atoms with Gasteiger partial charge >= 0.3 is 0 Å². The zero-order valence-corrected chi connectivity index (χ0v) is 9.25. The van der Waals surface area contributed by atoms with Crippen molar-refractivity contribution in [3.05, 3.63) is 30.1 Å². The van der Waals surface area contributed by atoms with Gasteiger partial charge < -0.3 is 11.1 Å². The Hall–Kier alpha value is -1.49. The van der Waals surface area contributed by atoms with Crippen LogP contribution in [0.1, 0.15) is 17.3 Å². The van der Waals surface area contributed by atoms with E-state index in [1.807, 2.05) is 6.92 Å². The third-order valence-electron chi connectivity index (χ3n) is 2.00. The van der Waals surface area contributed by atoms with Crippen molar-refractivity contribution in [1.82, 2.24) is 10.3 Å². The Kier molecular flexibility index (Phi) is 4.17. The summed E-state index contributed by atoms with van der Waals surface area (Å²) in [5.41, 5.74) is 6.01. The van der Waals surface area contributed by atoms with Gasteiger partial charge in [0.1, 0.15) is 0 Å². The van der Waals surface area contributed by atoms with E-state index in [9.17, 15) is 4.79 Å². The first-order valence-corrected chi connectivity index (χ1v) is 4.99. The minimum atomic E-state index is -0.138. The zero-order chi connectivity index (χ0) is 11.3. The fourth-order valence-corrected chi connectivity index (χ4v) is 1.04. The molecule has 4 nitrogen and oxygen atoms in total. The van der Waals surface area contributed by atoms with Crippen molar-refractivity contribution in [2.75, 3.05) is 6.54 Å². The van der Waals surface area contributed by atoms with Gasteiger partial charge in [0, 0.05) is 30.4 Å². The lowest BCUT2D eigenvalue weighted by atomic mass is 10.2. The van der Waals surface area contributed by atoms with Crippen LogP contribution in [0.25, 0.3) is 0 Å². The quantitative estimate of drug-likeness (QED) is 0.739. The van der Waals surface area contributed by atoms with Crippen molar-refractivity contribution < 1.29 is 4.79 Å². The maximum Gasteiger partial charge on any atom is 0.251 e. The van der Waals surface area contributed by atoms with Crippen LogP contribution in [-0.4, -0.2) is 22.4 Å². The Morgan fingerprint density at radius 1 is 1.60 bits per heavy atom. The van der Waals surface area contributed by atoms with Crippen LogP contribution >= 0.6 is 12.2 Å². The number of hydrogen-bond donors (Lipinski definition) is 2. The van der Waals surface area contributed by atoms with Crippen LogP contribution < -0.4 is 11.1 Å². The van der Waals surface area contributed by atoms with E-state index in [-0.39, 0.29) is 11.8 Å². The molecule has 0 aliphatic carbocycles. The maximum atomic E-state index is 11.5. The summed E-state index contributed by atoms with van der Waals surface area (Å²) in [5, 5.41) is 2.75. The van der Waals surface area contributed by atoms with Gasteiger partial charge in [-0.05, 0) is 12.1 Å². The van der Waals surface area contributed by atoms with Gasteiger partial charge in [0.25, 0.3) is 5.91 Å².